The lowest BCUT2D eigenvalue weighted by Crippen LogP contribution is -2.19. The molecular formula is C14H7BrF4O2. The Bertz CT molecular complexity index is 663. The third-order valence-corrected chi connectivity index (χ3v) is 3.21. The molecule has 0 aliphatic rings. The van der Waals surface area contributed by atoms with Gasteiger partial charge < -0.3 is 4.74 Å². The fourth-order valence-electron chi connectivity index (χ4n) is 1.72. The molecule has 0 aromatic heterocycles. The van der Waals surface area contributed by atoms with Gasteiger partial charge >= 0.3 is 6.36 Å². The minimum absolute atomic E-state index is 0.148. The van der Waals surface area contributed by atoms with Gasteiger partial charge in [-0.1, -0.05) is 18.2 Å². The zero-order chi connectivity index (χ0) is 15.6. The number of hydrogen-bond acceptors (Lipinski definition) is 2. The quantitative estimate of drug-likeness (QED) is 0.583. The molecule has 21 heavy (non-hydrogen) atoms. The summed E-state index contributed by atoms with van der Waals surface area (Å²) in [6.07, 6.45) is -4.94. The smallest absolute Gasteiger partial charge is 0.405 e. The van der Waals surface area contributed by atoms with Gasteiger partial charge in [0.2, 0.25) is 5.78 Å². The summed E-state index contributed by atoms with van der Waals surface area (Å²) in [7, 11) is 0. The van der Waals surface area contributed by atoms with Crippen LogP contribution in [0.4, 0.5) is 17.6 Å². The van der Waals surface area contributed by atoms with Gasteiger partial charge in [0, 0.05) is 4.47 Å². The molecule has 0 atom stereocenters. The summed E-state index contributed by atoms with van der Waals surface area (Å²) in [5.41, 5.74) is -0.726. The molecule has 2 aromatic rings. The monoisotopic (exact) mass is 362 g/mol. The van der Waals surface area contributed by atoms with Gasteiger partial charge in [-0.2, -0.15) is 0 Å². The number of ketones is 1. The highest BCUT2D eigenvalue weighted by Crippen LogP contribution is 2.30. The number of benzene rings is 2. The van der Waals surface area contributed by atoms with Gasteiger partial charge in [0.1, 0.15) is 11.6 Å². The number of para-hydroxylation sites is 1. The molecule has 0 saturated heterocycles. The maximum Gasteiger partial charge on any atom is 0.573 e. The lowest BCUT2D eigenvalue weighted by atomic mass is 10.0. The molecule has 0 unspecified atom stereocenters. The van der Waals surface area contributed by atoms with Crippen molar-refractivity contribution in [2.45, 2.75) is 6.36 Å². The molecule has 2 nitrogen and oxygen atoms in total. The minimum atomic E-state index is -4.94. The predicted molar refractivity (Wildman–Crippen MR) is 70.7 cm³/mol. The first kappa shape index (κ1) is 15.5. The van der Waals surface area contributed by atoms with E-state index in [1.54, 1.807) is 0 Å². The van der Waals surface area contributed by atoms with Crippen LogP contribution in [0.15, 0.2) is 46.9 Å². The highest BCUT2D eigenvalue weighted by atomic mass is 79.9. The number of rotatable bonds is 3. The van der Waals surface area contributed by atoms with Crippen LogP contribution in [0, 0.1) is 5.82 Å². The van der Waals surface area contributed by atoms with E-state index in [4.69, 9.17) is 0 Å². The zero-order valence-corrected chi connectivity index (χ0v) is 11.8. The molecule has 0 aliphatic carbocycles. The highest BCUT2D eigenvalue weighted by molar-refractivity contribution is 9.10. The third-order valence-electron chi connectivity index (χ3n) is 2.55. The molecule has 0 spiro atoms. The average molecular weight is 363 g/mol. The Morgan fingerprint density at radius 1 is 1.05 bits per heavy atom. The first-order valence-corrected chi connectivity index (χ1v) is 6.42. The highest BCUT2D eigenvalue weighted by Gasteiger charge is 2.33. The summed E-state index contributed by atoms with van der Waals surface area (Å²) < 4.78 is 54.7. The number of carbonyl (C=O) groups excluding carboxylic acids is 1. The van der Waals surface area contributed by atoms with Crippen molar-refractivity contribution >= 4 is 21.7 Å². The molecule has 0 amide bonds. The number of alkyl halides is 3. The zero-order valence-electron chi connectivity index (χ0n) is 10.2. The molecule has 7 heteroatoms. The van der Waals surface area contributed by atoms with Gasteiger partial charge in [0.25, 0.3) is 0 Å². The van der Waals surface area contributed by atoms with Gasteiger partial charge in [0.15, 0.2) is 0 Å². The standard InChI is InChI=1S/C14H7BrF4O2/c15-9-5-3-6-10(16)12(9)13(20)8-4-1-2-7-11(8)21-14(17,18)19/h1-7H. The molecule has 110 valence electrons. The van der Waals surface area contributed by atoms with Crippen LogP contribution in [0.25, 0.3) is 0 Å². The van der Waals surface area contributed by atoms with Gasteiger partial charge in [-0.05, 0) is 40.2 Å². The Morgan fingerprint density at radius 2 is 1.71 bits per heavy atom. The Hall–Kier alpha value is -1.89. The fraction of sp³-hybridized carbons (Fsp3) is 0.0714. The molecule has 0 aliphatic heterocycles. The van der Waals surface area contributed by atoms with Crippen LogP contribution in [0.3, 0.4) is 0 Å². The van der Waals surface area contributed by atoms with Crippen LogP contribution < -0.4 is 4.74 Å². The summed E-state index contributed by atoms with van der Waals surface area (Å²) in [6, 6.07) is 8.63. The van der Waals surface area contributed by atoms with Gasteiger partial charge in [-0.3, -0.25) is 4.79 Å². The minimum Gasteiger partial charge on any atom is -0.405 e. The largest absolute Gasteiger partial charge is 0.573 e. The predicted octanol–water partition coefficient (Wildman–Crippen LogP) is 4.72. The average Bonchev–Trinajstić information content (AvgIpc) is 2.37. The van der Waals surface area contributed by atoms with E-state index in [-0.39, 0.29) is 15.6 Å². The molecule has 0 fully saturated rings. The van der Waals surface area contributed by atoms with E-state index < -0.39 is 23.7 Å². The first-order valence-electron chi connectivity index (χ1n) is 5.63. The maximum atomic E-state index is 13.7. The van der Waals surface area contributed by atoms with E-state index in [1.807, 2.05) is 0 Å². The van der Waals surface area contributed by atoms with E-state index in [0.717, 1.165) is 18.2 Å². The second kappa shape index (κ2) is 5.85. The van der Waals surface area contributed by atoms with Crippen molar-refractivity contribution in [3.8, 4) is 5.75 Å². The van der Waals surface area contributed by atoms with E-state index in [0.29, 0.717) is 0 Å². The molecule has 0 heterocycles. The van der Waals surface area contributed by atoms with Gasteiger partial charge in [0.05, 0.1) is 11.1 Å². The molecule has 2 aromatic carbocycles. The molecule has 0 saturated carbocycles. The van der Waals surface area contributed by atoms with Crippen molar-refractivity contribution in [2.24, 2.45) is 0 Å². The Labute approximate surface area is 125 Å². The van der Waals surface area contributed by atoms with E-state index in [9.17, 15) is 22.4 Å². The number of ether oxygens (including phenoxy) is 1. The molecular weight excluding hydrogens is 356 g/mol. The van der Waals surface area contributed by atoms with E-state index in [1.165, 1.54) is 24.3 Å². The Morgan fingerprint density at radius 3 is 2.33 bits per heavy atom. The van der Waals surface area contributed by atoms with Gasteiger partial charge in [-0.15, -0.1) is 13.2 Å². The van der Waals surface area contributed by atoms with Crippen LogP contribution in [-0.4, -0.2) is 12.1 Å². The van der Waals surface area contributed by atoms with Crippen molar-refractivity contribution in [1.29, 1.82) is 0 Å². The summed E-state index contributed by atoms with van der Waals surface area (Å²) >= 11 is 3.01. The summed E-state index contributed by atoms with van der Waals surface area (Å²) in [5.74, 6) is -2.42. The fourth-order valence-corrected chi connectivity index (χ4v) is 2.24. The molecule has 0 N–H and O–H groups in total. The van der Waals surface area contributed by atoms with Crippen molar-refractivity contribution in [2.75, 3.05) is 0 Å². The summed E-state index contributed by atoms with van der Waals surface area (Å²) in [4.78, 5) is 12.3. The second-order valence-electron chi connectivity index (χ2n) is 3.97. The maximum absolute atomic E-state index is 13.7. The topological polar surface area (TPSA) is 26.3 Å². The van der Waals surface area contributed by atoms with Crippen molar-refractivity contribution < 1.29 is 27.1 Å². The van der Waals surface area contributed by atoms with Crippen LogP contribution in [0.1, 0.15) is 15.9 Å². The lowest BCUT2D eigenvalue weighted by molar-refractivity contribution is -0.274. The molecule has 0 radical (unpaired) electrons. The molecule has 0 bridgehead atoms. The van der Waals surface area contributed by atoms with Crippen molar-refractivity contribution in [1.82, 2.24) is 0 Å². The van der Waals surface area contributed by atoms with Crippen LogP contribution in [-0.2, 0) is 0 Å². The van der Waals surface area contributed by atoms with Crippen LogP contribution in [0.5, 0.6) is 5.75 Å². The van der Waals surface area contributed by atoms with Crippen molar-refractivity contribution in [3.63, 3.8) is 0 Å². The second-order valence-corrected chi connectivity index (χ2v) is 4.82. The Kier molecular flexibility index (Phi) is 4.32. The summed E-state index contributed by atoms with van der Waals surface area (Å²) in [5, 5.41) is 0. The lowest BCUT2D eigenvalue weighted by Gasteiger charge is -2.13. The number of halogens is 5. The number of carbonyl (C=O) groups is 1. The van der Waals surface area contributed by atoms with Gasteiger partial charge in [-0.25, -0.2) is 4.39 Å². The SMILES string of the molecule is O=C(c1ccccc1OC(F)(F)F)c1c(F)cccc1Br. The third kappa shape index (κ3) is 3.60. The van der Waals surface area contributed by atoms with Crippen molar-refractivity contribution in [3.05, 3.63) is 63.9 Å². The Balaban J connectivity index is 2.50. The van der Waals surface area contributed by atoms with E-state index in [2.05, 4.69) is 20.7 Å². The summed E-state index contributed by atoms with van der Waals surface area (Å²) in [6.45, 7) is 0. The first-order chi connectivity index (χ1) is 9.79. The number of hydrogen-bond donors (Lipinski definition) is 0. The van der Waals surface area contributed by atoms with Crippen LogP contribution >= 0.6 is 15.9 Å². The molecule has 2 rings (SSSR count). The van der Waals surface area contributed by atoms with Crippen LogP contribution in [0.2, 0.25) is 0 Å². The normalized spacial score (nSPS) is 11.3. The van der Waals surface area contributed by atoms with E-state index >= 15 is 0 Å².